The van der Waals surface area contributed by atoms with E-state index in [0.717, 1.165) is 57.6 Å². The second kappa shape index (κ2) is 10.6. The summed E-state index contributed by atoms with van der Waals surface area (Å²) in [5.74, 6) is 1.70. The summed E-state index contributed by atoms with van der Waals surface area (Å²) in [5.41, 5.74) is 4.29. The molecule has 35 heavy (non-hydrogen) atoms. The lowest BCUT2D eigenvalue weighted by Gasteiger charge is -2.26. The first-order valence-electron chi connectivity index (χ1n) is 11.7. The van der Waals surface area contributed by atoms with E-state index in [1.54, 1.807) is 0 Å². The molecule has 1 fully saturated rings. The topological polar surface area (TPSA) is 53.3 Å². The summed E-state index contributed by atoms with van der Waals surface area (Å²) in [6, 6.07) is 26.4. The van der Waals surface area contributed by atoms with Crippen LogP contribution in [0.15, 0.2) is 93.9 Å². The lowest BCUT2D eigenvalue weighted by molar-refractivity contribution is 0.274. The van der Waals surface area contributed by atoms with E-state index in [-0.39, 0.29) is 12.1 Å². The average Bonchev–Trinajstić information content (AvgIpc) is 3.47. The van der Waals surface area contributed by atoms with Gasteiger partial charge in [-0.05, 0) is 79.7 Å². The van der Waals surface area contributed by atoms with Crippen molar-refractivity contribution in [3.05, 3.63) is 107 Å². The number of para-hydroxylation sites is 1. The SMILES string of the molecule is Cc1ccc(-c2ccc([C@@H]3[C@H](c4ccccn4)NC(=S)N3CCCNc3ccccc3)o2)c(Br)c1. The van der Waals surface area contributed by atoms with Gasteiger partial charge in [-0.3, -0.25) is 4.98 Å². The van der Waals surface area contributed by atoms with Crippen LogP contribution in [0.1, 0.15) is 35.5 Å². The highest BCUT2D eigenvalue weighted by Gasteiger charge is 2.41. The van der Waals surface area contributed by atoms with Crippen molar-refractivity contribution in [3.63, 3.8) is 0 Å². The maximum Gasteiger partial charge on any atom is 0.170 e. The molecular weight excluding hydrogens is 520 g/mol. The summed E-state index contributed by atoms with van der Waals surface area (Å²) >= 11 is 9.48. The molecule has 4 aromatic rings. The van der Waals surface area contributed by atoms with Gasteiger partial charge in [0.1, 0.15) is 17.6 Å². The fourth-order valence-corrected chi connectivity index (χ4v) is 5.49. The van der Waals surface area contributed by atoms with Crippen molar-refractivity contribution in [1.82, 2.24) is 15.2 Å². The van der Waals surface area contributed by atoms with Gasteiger partial charge in [-0.2, -0.15) is 0 Å². The Morgan fingerprint density at radius 1 is 1.06 bits per heavy atom. The Morgan fingerprint density at radius 3 is 2.66 bits per heavy atom. The van der Waals surface area contributed by atoms with E-state index in [1.807, 2.05) is 48.7 Å². The van der Waals surface area contributed by atoms with Crippen LogP contribution in [-0.2, 0) is 0 Å². The summed E-state index contributed by atoms with van der Waals surface area (Å²) in [6.45, 7) is 3.73. The van der Waals surface area contributed by atoms with Crippen LogP contribution in [0.5, 0.6) is 0 Å². The number of anilines is 1. The molecule has 1 saturated heterocycles. The highest BCUT2D eigenvalue weighted by molar-refractivity contribution is 9.10. The molecule has 5 nitrogen and oxygen atoms in total. The monoisotopic (exact) mass is 546 g/mol. The minimum Gasteiger partial charge on any atom is -0.459 e. The Morgan fingerprint density at radius 2 is 1.89 bits per heavy atom. The van der Waals surface area contributed by atoms with Crippen LogP contribution < -0.4 is 10.6 Å². The number of hydrogen-bond acceptors (Lipinski definition) is 4. The molecule has 2 aromatic carbocycles. The summed E-state index contributed by atoms with van der Waals surface area (Å²) in [4.78, 5) is 6.85. The number of thiocarbonyl (C=S) groups is 1. The quantitative estimate of drug-likeness (QED) is 0.185. The van der Waals surface area contributed by atoms with Gasteiger partial charge in [0.2, 0.25) is 0 Å². The molecule has 0 bridgehead atoms. The molecule has 1 aliphatic heterocycles. The molecule has 0 spiro atoms. The van der Waals surface area contributed by atoms with Gasteiger partial charge in [0.05, 0.1) is 11.7 Å². The zero-order valence-corrected chi connectivity index (χ0v) is 21.9. The molecular formula is C28H27BrN4OS. The smallest absolute Gasteiger partial charge is 0.170 e. The van der Waals surface area contributed by atoms with Crippen LogP contribution in [-0.4, -0.2) is 28.1 Å². The van der Waals surface area contributed by atoms with E-state index < -0.39 is 0 Å². The van der Waals surface area contributed by atoms with Gasteiger partial charge in [0.25, 0.3) is 0 Å². The molecule has 0 unspecified atom stereocenters. The third kappa shape index (κ3) is 5.26. The Labute approximate surface area is 219 Å². The van der Waals surface area contributed by atoms with Crippen LogP contribution >= 0.6 is 28.1 Å². The Hall–Kier alpha value is -3.16. The molecule has 7 heteroatoms. The molecule has 1 aliphatic rings. The first kappa shape index (κ1) is 23.6. The molecule has 3 heterocycles. The van der Waals surface area contributed by atoms with Gasteiger partial charge < -0.3 is 20.0 Å². The van der Waals surface area contributed by atoms with Crippen molar-refractivity contribution < 1.29 is 4.42 Å². The summed E-state index contributed by atoms with van der Waals surface area (Å²) in [6.07, 6.45) is 2.75. The molecule has 0 radical (unpaired) electrons. The molecule has 0 saturated carbocycles. The van der Waals surface area contributed by atoms with Crippen molar-refractivity contribution in [2.75, 3.05) is 18.4 Å². The largest absolute Gasteiger partial charge is 0.459 e. The number of benzene rings is 2. The van der Waals surface area contributed by atoms with E-state index in [4.69, 9.17) is 16.6 Å². The van der Waals surface area contributed by atoms with E-state index in [9.17, 15) is 0 Å². The highest BCUT2D eigenvalue weighted by Crippen LogP contribution is 2.41. The van der Waals surface area contributed by atoms with Crippen LogP contribution in [0.3, 0.4) is 0 Å². The average molecular weight is 548 g/mol. The normalized spacial score (nSPS) is 17.4. The van der Waals surface area contributed by atoms with E-state index >= 15 is 0 Å². The van der Waals surface area contributed by atoms with E-state index in [1.165, 1.54) is 5.56 Å². The minimum absolute atomic E-state index is 0.0906. The molecule has 5 rings (SSSR count). The van der Waals surface area contributed by atoms with E-state index in [2.05, 4.69) is 79.8 Å². The molecule has 2 aromatic heterocycles. The highest BCUT2D eigenvalue weighted by atomic mass is 79.9. The van der Waals surface area contributed by atoms with Crippen molar-refractivity contribution in [2.45, 2.75) is 25.4 Å². The van der Waals surface area contributed by atoms with Gasteiger partial charge in [-0.15, -0.1) is 0 Å². The zero-order valence-electron chi connectivity index (χ0n) is 19.4. The number of pyridine rings is 1. The van der Waals surface area contributed by atoms with Gasteiger partial charge >= 0.3 is 0 Å². The molecule has 0 amide bonds. The number of nitrogens with zero attached hydrogens (tertiary/aromatic N) is 2. The van der Waals surface area contributed by atoms with Crippen LogP contribution in [0.2, 0.25) is 0 Å². The number of rotatable bonds is 8. The third-order valence-corrected chi connectivity index (χ3v) is 7.19. The number of nitrogens with one attached hydrogen (secondary N) is 2. The van der Waals surface area contributed by atoms with Gasteiger partial charge in [-0.25, -0.2) is 0 Å². The lowest BCUT2D eigenvalue weighted by Crippen LogP contribution is -2.31. The molecule has 2 atom stereocenters. The number of hydrogen-bond donors (Lipinski definition) is 2. The van der Waals surface area contributed by atoms with Crippen molar-refractivity contribution in [2.24, 2.45) is 0 Å². The predicted molar refractivity (Wildman–Crippen MR) is 148 cm³/mol. The number of aryl methyl sites for hydroxylation is 1. The maximum atomic E-state index is 6.47. The first-order chi connectivity index (χ1) is 17.1. The second-order valence-corrected chi connectivity index (χ2v) is 9.89. The van der Waals surface area contributed by atoms with Gasteiger partial charge in [0.15, 0.2) is 5.11 Å². The second-order valence-electron chi connectivity index (χ2n) is 8.65. The maximum absolute atomic E-state index is 6.47. The summed E-state index contributed by atoms with van der Waals surface area (Å²) < 4.78 is 7.48. The summed E-state index contributed by atoms with van der Waals surface area (Å²) in [5, 5.41) is 7.71. The van der Waals surface area contributed by atoms with E-state index in [0.29, 0.717) is 0 Å². The standard InChI is InChI=1S/C28H27BrN4OS/c1-19-11-12-21(22(29)18-19)24-13-14-25(34-24)27-26(23-10-5-6-15-31-23)32-28(35)33(27)17-7-16-30-20-8-3-2-4-9-20/h2-6,8-15,18,26-27,30H,7,16-17H2,1H3,(H,32,35)/t26-,27+/m0/s1. The summed E-state index contributed by atoms with van der Waals surface area (Å²) in [7, 11) is 0. The van der Waals surface area contributed by atoms with Gasteiger partial charge in [-0.1, -0.05) is 46.3 Å². The zero-order chi connectivity index (χ0) is 24.2. The third-order valence-electron chi connectivity index (χ3n) is 6.18. The lowest BCUT2D eigenvalue weighted by atomic mass is 10.0. The van der Waals surface area contributed by atoms with Crippen molar-refractivity contribution in [1.29, 1.82) is 0 Å². The van der Waals surface area contributed by atoms with Crippen LogP contribution in [0, 0.1) is 6.92 Å². The predicted octanol–water partition coefficient (Wildman–Crippen LogP) is 6.89. The number of aromatic nitrogens is 1. The van der Waals surface area contributed by atoms with Crippen molar-refractivity contribution >= 4 is 38.9 Å². The van der Waals surface area contributed by atoms with Crippen LogP contribution in [0.25, 0.3) is 11.3 Å². The fourth-order valence-electron chi connectivity index (χ4n) is 4.47. The van der Waals surface area contributed by atoms with Crippen LogP contribution in [0.4, 0.5) is 5.69 Å². The molecule has 178 valence electrons. The molecule has 0 aliphatic carbocycles. The molecule has 2 N–H and O–H groups in total. The Kier molecular flexibility index (Phi) is 7.16. The number of furan rings is 1. The Balaban J connectivity index is 1.39. The fraction of sp³-hybridized carbons (Fsp3) is 0.214. The first-order valence-corrected chi connectivity index (χ1v) is 12.9. The van der Waals surface area contributed by atoms with Gasteiger partial charge in [0, 0.05) is 35.0 Å². The number of halogens is 1. The van der Waals surface area contributed by atoms with Crippen molar-refractivity contribution in [3.8, 4) is 11.3 Å². The Bertz CT molecular complexity index is 1290. The minimum atomic E-state index is -0.0914.